The Labute approximate surface area is 146 Å². The van der Waals surface area contributed by atoms with Crippen molar-refractivity contribution >= 4 is 43.4 Å². The summed E-state index contributed by atoms with van der Waals surface area (Å²) in [5, 5.41) is 8.38. The lowest BCUT2D eigenvalue weighted by Gasteiger charge is -2.24. The van der Waals surface area contributed by atoms with E-state index in [4.69, 9.17) is 0 Å². The Hall–Kier alpha value is -1.60. The van der Waals surface area contributed by atoms with E-state index < -0.39 is 0 Å². The number of thiophene rings is 1. The Kier molecular flexibility index (Phi) is 3.98. The van der Waals surface area contributed by atoms with E-state index in [-0.39, 0.29) is 5.91 Å². The fourth-order valence-corrected chi connectivity index (χ4v) is 4.34. The SMILES string of the molecule is O=C(NCc1cnn(CC2CCC2)c1)c1cc2cc(Br)sc2[nH]1. The maximum absolute atomic E-state index is 12.2. The quantitative estimate of drug-likeness (QED) is 0.690. The molecule has 1 aliphatic rings. The Balaban J connectivity index is 1.35. The zero-order chi connectivity index (χ0) is 15.8. The van der Waals surface area contributed by atoms with E-state index in [0.29, 0.717) is 12.2 Å². The summed E-state index contributed by atoms with van der Waals surface area (Å²) in [6, 6.07) is 3.89. The molecule has 4 rings (SSSR count). The number of carbonyl (C=O) groups is 1. The lowest BCUT2D eigenvalue weighted by Crippen LogP contribution is -2.23. The van der Waals surface area contributed by atoms with Crippen molar-refractivity contribution in [2.75, 3.05) is 0 Å². The number of aromatic amines is 1. The normalized spacial score (nSPS) is 15.0. The number of hydrogen-bond donors (Lipinski definition) is 2. The number of nitrogens with one attached hydrogen (secondary N) is 2. The van der Waals surface area contributed by atoms with E-state index in [2.05, 4.69) is 31.3 Å². The smallest absolute Gasteiger partial charge is 0.268 e. The van der Waals surface area contributed by atoms with Crippen LogP contribution in [0.4, 0.5) is 0 Å². The van der Waals surface area contributed by atoms with Crippen LogP contribution in [0.5, 0.6) is 0 Å². The van der Waals surface area contributed by atoms with E-state index >= 15 is 0 Å². The highest BCUT2D eigenvalue weighted by Crippen LogP contribution is 2.30. The highest BCUT2D eigenvalue weighted by molar-refractivity contribution is 9.11. The van der Waals surface area contributed by atoms with Crippen LogP contribution in [0.2, 0.25) is 0 Å². The van der Waals surface area contributed by atoms with E-state index in [1.165, 1.54) is 19.3 Å². The van der Waals surface area contributed by atoms with Crippen LogP contribution in [0.3, 0.4) is 0 Å². The molecular formula is C16H17BrN4OS. The summed E-state index contributed by atoms with van der Waals surface area (Å²) in [5.74, 6) is 0.694. The second kappa shape index (κ2) is 6.13. The van der Waals surface area contributed by atoms with Crippen LogP contribution in [0, 0.1) is 5.92 Å². The molecule has 1 fully saturated rings. The fraction of sp³-hybridized carbons (Fsp3) is 0.375. The summed E-state index contributed by atoms with van der Waals surface area (Å²) in [6.45, 7) is 1.50. The summed E-state index contributed by atoms with van der Waals surface area (Å²) in [6.07, 6.45) is 7.84. The minimum absolute atomic E-state index is 0.0868. The van der Waals surface area contributed by atoms with E-state index in [1.54, 1.807) is 11.3 Å². The van der Waals surface area contributed by atoms with Gasteiger partial charge in [-0.3, -0.25) is 9.48 Å². The number of amides is 1. The van der Waals surface area contributed by atoms with Gasteiger partial charge in [-0.2, -0.15) is 5.10 Å². The third kappa shape index (κ3) is 3.21. The van der Waals surface area contributed by atoms with Crippen LogP contribution in [-0.4, -0.2) is 20.7 Å². The van der Waals surface area contributed by atoms with Gasteiger partial charge in [0.25, 0.3) is 5.91 Å². The molecule has 0 saturated heterocycles. The van der Waals surface area contributed by atoms with Gasteiger partial charge in [0.1, 0.15) is 10.5 Å². The Morgan fingerprint density at radius 1 is 1.48 bits per heavy atom. The Morgan fingerprint density at radius 2 is 2.35 bits per heavy atom. The van der Waals surface area contributed by atoms with Crippen LogP contribution in [0.25, 0.3) is 10.2 Å². The molecule has 1 amide bonds. The first-order chi connectivity index (χ1) is 11.2. The summed E-state index contributed by atoms with van der Waals surface area (Å²) >= 11 is 5.03. The molecule has 0 unspecified atom stereocenters. The monoisotopic (exact) mass is 392 g/mol. The molecule has 7 heteroatoms. The van der Waals surface area contributed by atoms with E-state index in [0.717, 1.165) is 32.0 Å². The maximum atomic E-state index is 12.2. The van der Waals surface area contributed by atoms with Gasteiger partial charge in [-0.1, -0.05) is 6.42 Å². The summed E-state index contributed by atoms with van der Waals surface area (Å²) in [7, 11) is 0. The molecule has 1 aliphatic carbocycles. The second-order valence-electron chi connectivity index (χ2n) is 6.07. The molecule has 1 saturated carbocycles. The largest absolute Gasteiger partial charge is 0.347 e. The van der Waals surface area contributed by atoms with Gasteiger partial charge in [-0.05, 0) is 46.8 Å². The number of carbonyl (C=O) groups excluding carboxylic acids is 1. The summed E-state index contributed by atoms with van der Waals surface area (Å²) < 4.78 is 3.05. The molecule has 0 spiro atoms. The van der Waals surface area contributed by atoms with Crippen LogP contribution in [-0.2, 0) is 13.1 Å². The number of fused-ring (bicyclic) bond motifs is 1. The first kappa shape index (κ1) is 15.0. The van der Waals surface area contributed by atoms with Crippen molar-refractivity contribution in [3.8, 4) is 0 Å². The Bertz CT molecular complexity index is 814. The van der Waals surface area contributed by atoms with Gasteiger partial charge in [0, 0.05) is 30.2 Å². The minimum Gasteiger partial charge on any atom is -0.347 e. The average molecular weight is 393 g/mol. The number of halogens is 1. The molecule has 0 atom stereocenters. The summed E-state index contributed by atoms with van der Waals surface area (Å²) in [5.41, 5.74) is 1.63. The molecule has 2 N–H and O–H groups in total. The van der Waals surface area contributed by atoms with Crippen LogP contribution in [0.15, 0.2) is 28.3 Å². The summed E-state index contributed by atoms with van der Waals surface area (Å²) in [4.78, 5) is 16.4. The van der Waals surface area contributed by atoms with Crippen LogP contribution in [0.1, 0.15) is 35.3 Å². The molecule has 0 bridgehead atoms. The van der Waals surface area contributed by atoms with Gasteiger partial charge in [-0.25, -0.2) is 0 Å². The first-order valence-electron chi connectivity index (χ1n) is 7.75. The third-order valence-corrected chi connectivity index (χ3v) is 5.90. The van der Waals surface area contributed by atoms with Crippen LogP contribution < -0.4 is 5.32 Å². The van der Waals surface area contributed by atoms with Gasteiger partial charge in [0.15, 0.2) is 0 Å². The lowest BCUT2D eigenvalue weighted by molar-refractivity contribution is 0.0947. The predicted octanol–water partition coefficient (Wildman–Crippen LogP) is 3.92. The minimum atomic E-state index is -0.0868. The second-order valence-corrected chi connectivity index (χ2v) is 8.50. The standard InChI is InChI=1S/C16H17BrN4OS/c17-14-5-12-4-13(20-16(12)23-14)15(22)18-6-11-7-19-21(9-11)8-10-2-1-3-10/h4-5,7,9-10,20H,1-3,6,8H2,(H,18,22). The molecule has 23 heavy (non-hydrogen) atoms. The topological polar surface area (TPSA) is 62.7 Å². The number of aromatic nitrogens is 3. The number of H-pyrrole nitrogens is 1. The number of hydrogen-bond acceptors (Lipinski definition) is 3. The molecule has 3 aromatic heterocycles. The van der Waals surface area contributed by atoms with Crippen molar-refractivity contribution in [1.29, 1.82) is 0 Å². The molecule has 0 aromatic carbocycles. The van der Waals surface area contributed by atoms with Crippen molar-refractivity contribution in [2.24, 2.45) is 5.92 Å². The predicted molar refractivity (Wildman–Crippen MR) is 94.6 cm³/mol. The zero-order valence-corrected chi connectivity index (χ0v) is 14.9. The molecule has 3 heterocycles. The van der Waals surface area contributed by atoms with Crippen molar-refractivity contribution in [3.05, 3.63) is 39.6 Å². The highest BCUT2D eigenvalue weighted by Gasteiger charge is 2.18. The molecule has 0 radical (unpaired) electrons. The van der Waals surface area contributed by atoms with Gasteiger partial charge >= 0.3 is 0 Å². The van der Waals surface area contributed by atoms with Crippen LogP contribution >= 0.6 is 27.3 Å². The van der Waals surface area contributed by atoms with Crippen molar-refractivity contribution in [2.45, 2.75) is 32.4 Å². The van der Waals surface area contributed by atoms with Crippen molar-refractivity contribution in [3.63, 3.8) is 0 Å². The molecule has 0 aliphatic heterocycles. The molecule has 5 nitrogen and oxygen atoms in total. The van der Waals surface area contributed by atoms with Gasteiger partial charge in [-0.15, -0.1) is 11.3 Å². The maximum Gasteiger partial charge on any atom is 0.268 e. The molecule has 3 aromatic rings. The number of rotatable bonds is 5. The van der Waals surface area contributed by atoms with E-state index in [9.17, 15) is 4.79 Å². The molecular weight excluding hydrogens is 376 g/mol. The highest BCUT2D eigenvalue weighted by atomic mass is 79.9. The van der Waals surface area contributed by atoms with Crippen molar-refractivity contribution in [1.82, 2.24) is 20.1 Å². The first-order valence-corrected chi connectivity index (χ1v) is 9.36. The molecule has 120 valence electrons. The zero-order valence-electron chi connectivity index (χ0n) is 12.5. The Morgan fingerprint density at radius 3 is 3.09 bits per heavy atom. The van der Waals surface area contributed by atoms with E-state index in [1.807, 2.05) is 29.2 Å². The fourth-order valence-electron chi connectivity index (χ4n) is 2.83. The third-order valence-electron chi connectivity index (χ3n) is 4.33. The number of nitrogens with zero attached hydrogens (tertiary/aromatic N) is 2. The lowest BCUT2D eigenvalue weighted by atomic mass is 9.85. The van der Waals surface area contributed by atoms with Gasteiger partial charge in [0.05, 0.1) is 9.98 Å². The van der Waals surface area contributed by atoms with Gasteiger partial charge in [0.2, 0.25) is 0 Å². The van der Waals surface area contributed by atoms with Crippen molar-refractivity contribution < 1.29 is 4.79 Å². The average Bonchev–Trinajstić information content (AvgIpc) is 3.14. The van der Waals surface area contributed by atoms with Gasteiger partial charge < -0.3 is 10.3 Å².